The molecule has 0 aliphatic rings. The molecule has 0 rings (SSSR count). The molecule has 0 radical (unpaired) electrons. The van der Waals surface area contributed by atoms with Gasteiger partial charge in [-0.2, -0.15) is 0 Å². The topological polar surface area (TPSA) is 38.3 Å². The number of nitrogens with one attached hydrogen (secondary N) is 1. The van der Waals surface area contributed by atoms with E-state index in [1.165, 1.54) is 7.11 Å². The van der Waals surface area contributed by atoms with Gasteiger partial charge in [-0.15, -0.1) is 0 Å². The molecule has 4 heteroatoms. The van der Waals surface area contributed by atoms with Crippen LogP contribution in [0.15, 0.2) is 0 Å². The second kappa shape index (κ2) is 3.39. The smallest absolute Gasteiger partial charge is 0.408 e. The first-order valence-corrected chi connectivity index (χ1v) is 1.69. The van der Waals surface area contributed by atoms with Crippen molar-refractivity contribution in [1.82, 2.24) is 5.32 Å². The van der Waals surface area contributed by atoms with Gasteiger partial charge in [0.05, 0.1) is 7.11 Å². The fourth-order valence-electron chi connectivity index (χ4n) is 0.127. The van der Waals surface area contributed by atoms with E-state index in [1.807, 2.05) is 0 Å². The summed E-state index contributed by atoms with van der Waals surface area (Å²) in [6, 6.07) is 0. The van der Waals surface area contributed by atoms with Crippen molar-refractivity contribution in [3.05, 3.63) is 0 Å². The van der Waals surface area contributed by atoms with Crippen molar-refractivity contribution in [1.29, 1.82) is 0 Å². The number of amides is 1. The fraction of sp³-hybridized carbons (Fsp3) is 0.667. The largest absolute Gasteiger partial charge is 0.453 e. The Bertz CT molecular complexity index is 66.0. The average molecular weight is 107 g/mol. The molecule has 0 atom stereocenters. The molecule has 3 nitrogen and oxygen atoms in total. The van der Waals surface area contributed by atoms with E-state index in [4.69, 9.17) is 0 Å². The van der Waals surface area contributed by atoms with Crippen LogP contribution in [0.3, 0.4) is 0 Å². The molecular formula is C3H6FNO2. The second-order valence-corrected chi connectivity index (χ2v) is 0.802. The standard InChI is InChI=1S/C3H6FNO2/c1-7-3(6)5-2-4/h2H2,1H3,(H,5,6). The van der Waals surface area contributed by atoms with Crippen LogP contribution in [0.5, 0.6) is 0 Å². The van der Waals surface area contributed by atoms with Crippen molar-refractivity contribution >= 4 is 6.09 Å². The maximum Gasteiger partial charge on any atom is 0.408 e. The summed E-state index contributed by atoms with van der Waals surface area (Å²) in [6.07, 6.45) is -0.748. The van der Waals surface area contributed by atoms with Crippen LogP contribution in [0.25, 0.3) is 0 Å². The molecule has 0 spiro atoms. The Balaban J connectivity index is 3.00. The number of carbonyl (C=O) groups excluding carboxylic acids is 1. The zero-order chi connectivity index (χ0) is 5.70. The minimum atomic E-state index is -0.882. The quantitative estimate of drug-likeness (QED) is 0.488. The van der Waals surface area contributed by atoms with Crippen molar-refractivity contribution in [2.75, 3.05) is 13.9 Å². The first-order chi connectivity index (χ1) is 3.31. The van der Waals surface area contributed by atoms with Gasteiger partial charge in [-0.3, -0.25) is 5.32 Å². The number of ether oxygens (including phenoxy) is 1. The summed E-state index contributed by atoms with van der Waals surface area (Å²) < 4.78 is 15.0. The minimum Gasteiger partial charge on any atom is -0.453 e. The van der Waals surface area contributed by atoms with Crippen LogP contribution in [0.1, 0.15) is 0 Å². The van der Waals surface area contributed by atoms with E-state index in [0.717, 1.165) is 0 Å². The summed E-state index contributed by atoms with van der Waals surface area (Å²) in [6.45, 7) is -0.882. The SMILES string of the molecule is COC(=O)NCF. The molecule has 0 aromatic rings. The van der Waals surface area contributed by atoms with Gasteiger partial charge in [0.15, 0.2) is 6.80 Å². The summed E-state index contributed by atoms with van der Waals surface area (Å²) in [7, 11) is 1.17. The Morgan fingerprint density at radius 1 is 2.00 bits per heavy atom. The summed E-state index contributed by atoms with van der Waals surface area (Å²) >= 11 is 0. The van der Waals surface area contributed by atoms with E-state index < -0.39 is 12.9 Å². The van der Waals surface area contributed by atoms with Crippen LogP contribution in [0.2, 0.25) is 0 Å². The maximum atomic E-state index is 11.0. The first kappa shape index (κ1) is 6.20. The monoisotopic (exact) mass is 107 g/mol. The predicted molar refractivity (Wildman–Crippen MR) is 21.5 cm³/mol. The Hall–Kier alpha value is -0.800. The number of alkyl halides is 1. The normalized spacial score (nSPS) is 7.71. The Morgan fingerprint density at radius 2 is 2.57 bits per heavy atom. The lowest BCUT2D eigenvalue weighted by molar-refractivity contribution is 0.166. The third-order valence-corrected chi connectivity index (χ3v) is 0.397. The lowest BCUT2D eigenvalue weighted by Gasteiger charge is -1.93. The lowest BCUT2D eigenvalue weighted by atomic mass is 11.1. The van der Waals surface area contributed by atoms with Crippen molar-refractivity contribution in [2.45, 2.75) is 0 Å². The van der Waals surface area contributed by atoms with Gasteiger partial charge in [-0.05, 0) is 0 Å². The number of hydrogen-bond donors (Lipinski definition) is 1. The van der Waals surface area contributed by atoms with Gasteiger partial charge >= 0.3 is 6.09 Å². The van der Waals surface area contributed by atoms with Crippen LogP contribution in [-0.4, -0.2) is 20.0 Å². The highest BCUT2D eigenvalue weighted by molar-refractivity contribution is 5.66. The van der Waals surface area contributed by atoms with Gasteiger partial charge in [0, 0.05) is 0 Å². The van der Waals surface area contributed by atoms with E-state index in [0.29, 0.717) is 0 Å². The Kier molecular flexibility index (Phi) is 3.00. The van der Waals surface area contributed by atoms with Crippen molar-refractivity contribution in [2.24, 2.45) is 0 Å². The molecule has 0 bridgehead atoms. The molecule has 0 fully saturated rings. The third kappa shape index (κ3) is 3.02. The lowest BCUT2D eigenvalue weighted by Crippen LogP contribution is -2.21. The zero-order valence-corrected chi connectivity index (χ0v) is 3.90. The third-order valence-electron chi connectivity index (χ3n) is 0.397. The number of hydrogen-bond acceptors (Lipinski definition) is 2. The van der Waals surface area contributed by atoms with Crippen LogP contribution in [0, 0.1) is 0 Å². The second-order valence-electron chi connectivity index (χ2n) is 0.802. The van der Waals surface area contributed by atoms with Crippen LogP contribution < -0.4 is 5.32 Å². The number of methoxy groups -OCH3 is 1. The molecule has 7 heavy (non-hydrogen) atoms. The van der Waals surface area contributed by atoms with E-state index in [1.54, 1.807) is 5.32 Å². The maximum absolute atomic E-state index is 11.0. The number of halogens is 1. The van der Waals surface area contributed by atoms with Gasteiger partial charge in [0.1, 0.15) is 0 Å². The molecule has 0 aliphatic heterocycles. The molecule has 0 unspecified atom stereocenters. The van der Waals surface area contributed by atoms with Gasteiger partial charge in [-0.1, -0.05) is 0 Å². The summed E-state index contributed by atoms with van der Waals surface area (Å²) in [4.78, 5) is 9.84. The Labute approximate surface area is 40.5 Å². The van der Waals surface area contributed by atoms with Crippen LogP contribution >= 0.6 is 0 Å². The highest BCUT2D eigenvalue weighted by Crippen LogP contribution is 1.67. The van der Waals surface area contributed by atoms with Gasteiger partial charge in [0.2, 0.25) is 0 Å². The van der Waals surface area contributed by atoms with Gasteiger partial charge in [-0.25, -0.2) is 9.18 Å². The average Bonchev–Trinajstić information content (AvgIpc) is 1.68. The van der Waals surface area contributed by atoms with E-state index in [9.17, 15) is 9.18 Å². The van der Waals surface area contributed by atoms with E-state index in [-0.39, 0.29) is 0 Å². The first-order valence-electron chi connectivity index (χ1n) is 1.69. The highest BCUT2D eigenvalue weighted by atomic mass is 19.1. The molecular weight excluding hydrogens is 101 g/mol. The predicted octanol–water partition coefficient (Wildman–Crippen LogP) is 0.269. The van der Waals surface area contributed by atoms with Gasteiger partial charge < -0.3 is 4.74 Å². The fourth-order valence-corrected chi connectivity index (χ4v) is 0.127. The molecule has 0 heterocycles. The van der Waals surface area contributed by atoms with Crippen LogP contribution in [-0.2, 0) is 4.74 Å². The summed E-state index contributed by atoms with van der Waals surface area (Å²) in [5, 5.41) is 1.77. The Morgan fingerprint density at radius 3 is 2.71 bits per heavy atom. The van der Waals surface area contributed by atoms with Crippen molar-refractivity contribution in [3.8, 4) is 0 Å². The molecule has 1 N–H and O–H groups in total. The summed E-state index contributed by atoms with van der Waals surface area (Å²) in [5.41, 5.74) is 0. The van der Waals surface area contributed by atoms with Crippen molar-refractivity contribution in [3.63, 3.8) is 0 Å². The van der Waals surface area contributed by atoms with Crippen molar-refractivity contribution < 1.29 is 13.9 Å². The highest BCUT2D eigenvalue weighted by Gasteiger charge is 1.91. The zero-order valence-electron chi connectivity index (χ0n) is 3.90. The molecule has 0 saturated carbocycles. The minimum absolute atomic E-state index is 0.748. The van der Waals surface area contributed by atoms with E-state index >= 15 is 0 Å². The number of carbonyl (C=O) groups is 1. The molecule has 1 amide bonds. The summed E-state index contributed by atoms with van der Waals surface area (Å²) in [5.74, 6) is 0. The number of rotatable bonds is 1. The van der Waals surface area contributed by atoms with Gasteiger partial charge in [0.25, 0.3) is 0 Å². The molecule has 0 saturated heterocycles. The molecule has 0 aromatic carbocycles. The molecule has 0 aliphatic carbocycles. The molecule has 0 aromatic heterocycles. The molecule has 42 valence electrons. The van der Waals surface area contributed by atoms with Crippen LogP contribution in [0.4, 0.5) is 9.18 Å². The number of alkyl carbamates (subject to hydrolysis) is 1. The van der Waals surface area contributed by atoms with E-state index in [2.05, 4.69) is 4.74 Å².